The number of nitrogens with zero attached hydrogens (tertiary/aromatic N) is 4. The summed E-state index contributed by atoms with van der Waals surface area (Å²) in [5, 5.41) is 3.42. The van der Waals surface area contributed by atoms with Gasteiger partial charge >= 0.3 is 0 Å². The lowest BCUT2D eigenvalue weighted by molar-refractivity contribution is 0.643. The maximum Gasteiger partial charge on any atom is 0.165 e. The summed E-state index contributed by atoms with van der Waals surface area (Å²) in [6, 6.07) is 8.44. The molecule has 0 aliphatic carbocycles. The highest BCUT2D eigenvalue weighted by atomic mass is 15.2. The van der Waals surface area contributed by atoms with Crippen molar-refractivity contribution in [3.05, 3.63) is 42.0 Å². The van der Waals surface area contributed by atoms with Crippen molar-refractivity contribution in [2.45, 2.75) is 45.6 Å². The summed E-state index contributed by atoms with van der Waals surface area (Å²) in [6.45, 7) is 3.17. The van der Waals surface area contributed by atoms with Gasteiger partial charge < -0.3 is 9.88 Å². The van der Waals surface area contributed by atoms with Crippen LogP contribution in [0.15, 0.2) is 30.6 Å². The van der Waals surface area contributed by atoms with Crippen LogP contribution in [0.4, 0.5) is 11.5 Å². The molecule has 3 aromatic rings. The van der Waals surface area contributed by atoms with Gasteiger partial charge in [-0.2, -0.15) is 0 Å². The zero-order valence-electron chi connectivity index (χ0n) is 13.4. The van der Waals surface area contributed by atoms with E-state index in [-0.39, 0.29) is 0 Å². The SMILES string of the molecule is CCc1cccc(Nc2ncnc3c2nc2n3CCCCC2)c1. The van der Waals surface area contributed by atoms with Crippen LogP contribution >= 0.6 is 0 Å². The summed E-state index contributed by atoms with van der Waals surface area (Å²) in [5.41, 5.74) is 4.19. The normalized spacial score (nSPS) is 14.5. The van der Waals surface area contributed by atoms with Crippen molar-refractivity contribution in [3.63, 3.8) is 0 Å². The summed E-state index contributed by atoms with van der Waals surface area (Å²) < 4.78 is 2.26. The van der Waals surface area contributed by atoms with Crippen LogP contribution in [-0.4, -0.2) is 19.5 Å². The molecule has 4 rings (SSSR count). The van der Waals surface area contributed by atoms with E-state index < -0.39 is 0 Å². The lowest BCUT2D eigenvalue weighted by Gasteiger charge is -2.08. The molecule has 1 aliphatic rings. The van der Waals surface area contributed by atoms with Crippen molar-refractivity contribution in [2.75, 3.05) is 5.32 Å². The molecule has 0 bridgehead atoms. The van der Waals surface area contributed by atoms with Gasteiger partial charge in [-0.05, 0) is 37.0 Å². The Hall–Kier alpha value is -2.43. The average molecular weight is 307 g/mol. The highest BCUT2D eigenvalue weighted by molar-refractivity contribution is 5.85. The van der Waals surface area contributed by atoms with Crippen LogP contribution in [0.25, 0.3) is 11.2 Å². The molecule has 0 fully saturated rings. The number of benzene rings is 1. The maximum atomic E-state index is 4.83. The molecule has 1 aliphatic heterocycles. The van der Waals surface area contributed by atoms with Crippen LogP contribution in [0.1, 0.15) is 37.6 Å². The lowest BCUT2D eigenvalue weighted by atomic mass is 10.1. The van der Waals surface area contributed by atoms with Gasteiger partial charge in [0.1, 0.15) is 12.2 Å². The third-order valence-electron chi connectivity index (χ3n) is 4.49. The standard InChI is InChI=1S/C18H21N5/c1-2-13-7-6-8-14(11-13)21-17-16-18(20-12-19-17)23-10-5-3-4-9-15(23)22-16/h6-8,11-12H,2-5,9-10H2,1H3,(H,19,20,21). The first-order valence-electron chi connectivity index (χ1n) is 8.41. The first-order valence-corrected chi connectivity index (χ1v) is 8.41. The third kappa shape index (κ3) is 2.67. The highest BCUT2D eigenvalue weighted by Crippen LogP contribution is 2.26. The van der Waals surface area contributed by atoms with E-state index in [1.807, 2.05) is 0 Å². The molecule has 23 heavy (non-hydrogen) atoms. The van der Waals surface area contributed by atoms with E-state index in [1.54, 1.807) is 6.33 Å². The topological polar surface area (TPSA) is 55.6 Å². The van der Waals surface area contributed by atoms with E-state index >= 15 is 0 Å². The predicted octanol–water partition coefficient (Wildman–Crippen LogP) is 3.86. The Morgan fingerprint density at radius 1 is 1.17 bits per heavy atom. The molecule has 0 atom stereocenters. The Balaban J connectivity index is 1.75. The zero-order valence-corrected chi connectivity index (χ0v) is 13.4. The van der Waals surface area contributed by atoms with Crippen molar-refractivity contribution in [3.8, 4) is 0 Å². The van der Waals surface area contributed by atoms with Crippen LogP contribution in [0.3, 0.4) is 0 Å². The molecule has 3 heterocycles. The molecular formula is C18H21N5. The minimum Gasteiger partial charge on any atom is -0.338 e. The molecule has 0 radical (unpaired) electrons. The number of aryl methyl sites for hydroxylation is 3. The predicted molar refractivity (Wildman–Crippen MR) is 92.0 cm³/mol. The highest BCUT2D eigenvalue weighted by Gasteiger charge is 2.17. The summed E-state index contributed by atoms with van der Waals surface area (Å²) >= 11 is 0. The van der Waals surface area contributed by atoms with Crippen molar-refractivity contribution in [2.24, 2.45) is 0 Å². The smallest absolute Gasteiger partial charge is 0.165 e. The van der Waals surface area contributed by atoms with Crippen LogP contribution < -0.4 is 5.32 Å². The second-order valence-electron chi connectivity index (χ2n) is 6.06. The van der Waals surface area contributed by atoms with E-state index in [1.165, 1.54) is 24.8 Å². The van der Waals surface area contributed by atoms with Gasteiger partial charge in [0.25, 0.3) is 0 Å². The fourth-order valence-corrected chi connectivity index (χ4v) is 3.23. The molecule has 5 heteroatoms. The lowest BCUT2D eigenvalue weighted by Crippen LogP contribution is -2.02. The second kappa shape index (κ2) is 5.99. The Kier molecular flexibility index (Phi) is 3.69. The monoisotopic (exact) mass is 307 g/mol. The van der Waals surface area contributed by atoms with Crippen LogP contribution in [0.5, 0.6) is 0 Å². The van der Waals surface area contributed by atoms with Gasteiger partial charge in [-0.3, -0.25) is 0 Å². The van der Waals surface area contributed by atoms with E-state index in [0.717, 1.165) is 47.9 Å². The number of imidazole rings is 1. The second-order valence-corrected chi connectivity index (χ2v) is 6.06. The van der Waals surface area contributed by atoms with Gasteiger partial charge in [0.05, 0.1) is 0 Å². The summed E-state index contributed by atoms with van der Waals surface area (Å²) in [5.74, 6) is 1.94. The van der Waals surface area contributed by atoms with Crippen molar-refractivity contribution < 1.29 is 0 Å². The number of rotatable bonds is 3. The quantitative estimate of drug-likeness (QED) is 0.798. The third-order valence-corrected chi connectivity index (χ3v) is 4.49. The molecule has 2 aromatic heterocycles. The first-order chi connectivity index (χ1) is 11.3. The summed E-state index contributed by atoms with van der Waals surface area (Å²) in [6.07, 6.45) is 7.36. The Bertz CT molecular complexity index is 837. The van der Waals surface area contributed by atoms with Gasteiger partial charge in [0.2, 0.25) is 0 Å². The molecule has 0 amide bonds. The fourth-order valence-electron chi connectivity index (χ4n) is 3.23. The van der Waals surface area contributed by atoms with E-state index in [9.17, 15) is 0 Å². The summed E-state index contributed by atoms with van der Waals surface area (Å²) in [4.78, 5) is 13.7. The molecular weight excluding hydrogens is 286 g/mol. The first kappa shape index (κ1) is 14.2. The zero-order chi connectivity index (χ0) is 15.6. The van der Waals surface area contributed by atoms with Crippen LogP contribution in [-0.2, 0) is 19.4 Å². The number of aromatic nitrogens is 4. The van der Waals surface area contributed by atoms with E-state index in [0.29, 0.717) is 0 Å². The van der Waals surface area contributed by atoms with Crippen molar-refractivity contribution in [1.82, 2.24) is 19.5 Å². The molecule has 0 saturated heterocycles. The van der Waals surface area contributed by atoms with Gasteiger partial charge in [-0.25, -0.2) is 15.0 Å². The Morgan fingerprint density at radius 2 is 2.13 bits per heavy atom. The maximum absolute atomic E-state index is 4.83. The molecule has 5 nitrogen and oxygen atoms in total. The summed E-state index contributed by atoms with van der Waals surface area (Å²) in [7, 11) is 0. The van der Waals surface area contributed by atoms with Crippen molar-refractivity contribution in [1.29, 1.82) is 0 Å². The number of anilines is 2. The molecule has 0 saturated carbocycles. The minimum absolute atomic E-state index is 0.795. The number of fused-ring (bicyclic) bond motifs is 3. The molecule has 0 spiro atoms. The van der Waals surface area contributed by atoms with Crippen LogP contribution in [0, 0.1) is 0 Å². The van der Waals surface area contributed by atoms with Crippen molar-refractivity contribution >= 4 is 22.7 Å². The average Bonchev–Trinajstić information content (AvgIpc) is 2.78. The van der Waals surface area contributed by atoms with Gasteiger partial charge in [-0.15, -0.1) is 0 Å². The van der Waals surface area contributed by atoms with E-state index in [2.05, 4.69) is 51.0 Å². The number of hydrogen-bond donors (Lipinski definition) is 1. The van der Waals surface area contributed by atoms with Gasteiger partial charge in [0.15, 0.2) is 17.0 Å². The van der Waals surface area contributed by atoms with Gasteiger partial charge in [-0.1, -0.05) is 25.5 Å². The number of hydrogen-bond acceptors (Lipinski definition) is 4. The minimum atomic E-state index is 0.795. The molecule has 1 aromatic carbocycles. The molecule has 1 N–H and O–H groups in total. The number of nitrogens with one attached hydrogen (secondary N) is 1. The Morgan fingerprint density at radius 3 is 3.04 bits per heavy atom. The van der Waals surface area contributed by atoms with Crippen LogP contribution in [0.2, 0.25) is 0 Å². The molecule has 118 valence electrons. The van der Waals surface area contributed by atoms with Gasteiger partial charge in [0, 0.05) is 18.7 Å². The van der Waals surface area contributed by atoms with E-state index in [4.69, 9.17) is 4.98 Å². The fraction of sp³-hybridized carbons (Fsp3) is 0.389. The largest absolute Gasteiger partial charge is 0.338 e. The Labute approximate surface area is 135 Å². The molecule has 0 unspecified atom stereocenters.